The van der Waals surface area contributed by atoms with E-state index >= 15 is 0 Å². The fraction of sp³-hybridized carbons (Fsp3) is 0. The molecule has 0 unspecified atom stereocenters. The monoisotopic (exact) mass is 368 g/mol. The third-order valence-electron chi connectivity index (χ3n) is 3.76. The summed E-state index contributed by atoms with van der Waals surface area (Å²) in [4.78, 5) is 23.8. The normalized spacial score (nSPS) is 12.3. The molecule has 0 radical (unpaired) electrons. The van der Waals surface area contributed by atoms with Crippen LogP contribution >= 0.6 is 11.7 Å². The van der Waals surface area contributed by atoms with Crippen LogP contribution in [0.25, 0.3) is 33.2 Å². The first-order chi connectivity index (χ1) is 12.5. The van der Waals surface area contributed by atoms with Gasteiger partial charge in [0.15, 0.2) is 0 Å². The first-order valence-corrected chi connectivity index (χ1v) is 7.94. The Morgan fingerprint density at radius 3 is 1.96 bits per heavy atom. The Hall–Kier alpha value is -3.66. The van der Waals surface area contributed by atoms with Gasteiger partial charge in [0.05, 0.1) is 22.9 Å². The molecule has 0 aliphatic rings. The van der Waals surface area contributed by atoms with Gasteiger partial charge in [-0.15, -0.1) is 0 Å². The average molecular weight is 368 g/mol. The van der Waals surface area contributed by atoms with Crippen molar-refractivity contribution in [3.05, 3.63) is 47.5 Å². The summed E-state index contributed by atoms with van der Waals surface area (Å²) in [6, 6.07) is 9.00. The van der Waals surface area contributed by atoms with Crippen molar-refractivity contribution in [2.45, 2.75) is 0 Å². The largest absolute Gasteiger partial charge is 0.478 e. The molecule has 2 N–H and O–H groups in total. The zero-order valence-corrected chi connectivity index (χ0v) is 13.6. The van der Waals surface area contributed by atoms with Gasteiger partial charge in [-0.2, -0.15) is 8.75 Å². The number of carbonyl (C=O) groups is 2. The van der Waals surface area contributed by atoms with Gasteiger partial charge in [-0.05, 0) is 45.7 Å². The van der Waals surface area contributed by atoms with E-state index in [-0.39, 0.29) is 22.3 Å². The number of aliphatic carboxylic acids is 2. The molecule has 9 nitrogen and oxygen atoms in total. The smallest absolute Gasteiger partial charge is 0.337 e. The van der Waals surface area contributed by atoms with E-state index in [0.29, 0.717) is 22.1 Å². The molecule has 0 spiro atoms. The summed E-state index contributed by atoms with van der Waals surface area (Å²) in [7, 11) is 0. The van der Waals surface area contributed by atoms with Crippen LogP contribution in [0.3, 0.4) is 0 Å². The fourth-order valence-electron chi connectivity index (χ4n) is 2.62. The van der Waals surface area contributed by atoms with E-state index in [1.165, 1.54) is 30.3 Å². The SMILES string of the molecule is O=C(O)/C(=C(\C(=O)O)c1ccc2nsnc2c1)c1ccc2nonc2c1. The Labute approximate surface area is 148 Å². The molecule has 4 rings (SSSR count). The van der Waals surface area contributed by atoms with Crippen LogP contribution in [0.5, 0.6) is 0 Å². The highest BCUT2D eigenvalue weighted by molar-refractivity contribution is 7.00. The third-order valence-corrected chi connectivity index (χ3v) is 4.32. The molecule has 2 aromatic heterocycles. The number of rotatable bonds is 4. The Balaban J connectivity index is 2.00. The Morgan fingerprint density at radius 2 is 1.31 bits per heavy atom. The first kappa shape index (κ1) is 15.8. The Bertz CT molecular complexity index is 1120. The van der Waals surface area contributed by atoms with Gasteiger partial charge < -0.3 is 10.2 Å². The Kier molecular flexibility index (Phi) is 3.66. The second kappa shape index (κ2) is 6.01. The van der Waals surface area contributed by atoms with Crippen molar-refractivity contribution in [2.75, 3.05) is 0 Å². The van der Waals surface area contributed by atoms with Crippen LogP contribution in [0.4, 0.5) is 0 Å². The topological polar surface area (TPSA) is 139 Å². The summed E-state index contributed by atoms with van der Waals surface area (Å²) in [5.41, 5.74) is 1.52. The lowest BCUT2D eigenvalue weighted by Crippen LogP contribution is -2.10. The average Bonchev–Trinajstić information content (AvgIpc) is 3.26. The summed E-state index contributed by atoms with van der Waals surface area (Å²) in [5, 5.41) is 26.7. The first-order valence-electron chi connectivity index (χ1n) is 7.21. The standard InChI is InChI=1S/C16H8N4O5S/c21-15(22)13(7-1-3-9-11(5-7)18-25-17-9)14(16(23)24)8-2-4-10-12(6-8)20-26-19-10/h1-6H,(H,21,22)(H,23,24)/b14-13-. The molecule has 4 aromatic rings. The highest BCUT2D eigenvalue weighted by Crippen LogP contribution is 2.30. The zero-order chi connectivity index (χ0) is 18.3. The molecule has 2 heterocycles. The van der Waals surface area contributed by atoms with Crippen molar-refractivity contribution < 1.29 is 24.4 Å². The van der Waals surface area contributed by atoms with Gasteiger partial charge >= 0.3 is 11.9 Å². The summed E-state index contributed by atoms with van der Waals surface area (Å²) in [6.45, 7) is 0. The molecule has 0 atom stereocenters. The second-order valence-electron chi connectivity index (χ2n) is 5.30. The van der Waals surface area contributed by atoms with Crippen molar-refractivity contribution in [1.29, 1.82) is 0 Å². The summed E-state index contributed by atoms with van der Waals surface area (Å²) in [5.74, 6) is -2.75. The second-order valence-corrected chi connectivity index (χ2v) is 5.82. The molecular formula is C16H8N4O5S. The van der Waals surface area contributed by atoms with Crippen LogP contribution in [0.15, 0.2) is 41.0 Å². The molecule has 0 fully saturated rings. The maximum absolute atomic E-state index is 11.9. The minimum Gasteiger partial charge on any atom is -0.478 e. The number of hydrogen-bond acceptors (Lipinski definition) is 8. The maximum Gasteiger partial charge on any atom is 0.337 e. The summed E-state index contributed by atoms with van der Waals surface area (Å²) < 4.78 is 12.7. The van der Waals surface area contributed by atoms with Crippen molar-refractivity contribution >= 4 is 56.9 Å². The van der Waals surface area contributed by atoms with Gasteiger partial charge in [0.25, 0.3) is 0 Å². The maximum atomic E-state index is 11.9. The molecule has 2 aromatic carbocycles. The van der Waals surface area contributed by atoms with E-state index in [9.17, 15) is 19.8 Å². The zero-order valence-electron chi connectivity index (χ0n) is 12.8. The molecule has 10 heteroatoms. The molecule has 0 bridgehead atoms. The van der Waals surface area contributed by atoms with Crippen LogP contribution < -0.4 is 0 Å². The van der Waals surface area contributed by atoms with Crippen LogP contribution in [-0.2, 0) is 9.59 Å². The third kappa shape index (κ3) is 2.58. The molecule has 0 aliphatic heterocycles. The molecule has 128 valence electrons. The summed E-state index contributed by atoms with van der Waals surface area (Å²) in [6.07, 6.45) is 0. The van der Waals surface area contributed by atoms with E-state index in [1.54, 1.807) is 6.07 Å². The minimum absolute atomic E-state index is 0.176. The van der Waals surface area contributed by atoms with Crippen molar-refractivity contribution in [3.8, 4) is 0 Å². The molecule has 26 heavy (non-hydrogen) atoms. The van der Waals surface area contributed by atoms with Crippen molar-refractivity contribution in [3.63, 3.8) is 0 Å². The van der Waals surface area contributed by atoms with E-state index < -0.39 is 11.9 Å². The minimum atomic E-state index is -1.38. The molecule has 0 saturated heterocycles. The van der Waals surface area contributed by atoms with E-state index in [2.05, 4.69) is 23.7 Å². The lowest BCUT2D eigenvalue weighted by atomic mass is 9.94. The predicted octanol–water partition coefficient (Wildman–Crippen LogP) is 2.31. The van der Waals surface area contributed by atoms with Gasteiger partial charge in [0.2, 0.25) is 0 Å². The van der Waals surface area contributed by atoms with Crippen LogP contribution in [-0.4, -0.2) is 41.2 Å². The molecule has 0 saturated carbocycles. The van der Waals surface area contributed by atoms with Gasteiger partial charge in [0, 0.05) is 0 Å². The highest BCUT2D eigenvalue weighted by atomic mass is 32.1. The van der Waals surface area contributed by atoms with E-state index in [0.717, 1.165) is 11.7 Å². The van der Waals surface area contributed by atoms with Gasteiger partial charge in [-0.3, -0.25) is 0 Å². The quantitative estimate of drug-likeness (QED) is 0.410. The number of carboxylic acids is 2. The summed E-state index contributed by atoms with van der Waals surface area (Å²) >= 11 is 0.990. The molecular weight excluding hydrogens is 360 g/mol. The lowest BCUT2D eigenvalue weighted by Gasteiger charge is -2.09. The van der Waals surface area contributed by atoms with Crippen molar-refractivity contribution in [1.82, 2.24) is 19.1 Å². The molecule has 0 aliphatic carbocycles. The van der Waals surface area contributed by atoms with Crippen LogP contribution in [0.2, 0.25) is 0 Å². The highest BCUT2D eigenvalue weighted by Gasteiger charge is 2.24. The number of fused-ring (bicyclic) bond motifs is 2. The van der Waals surface area contributed by atoms with Gasteiger partial charge in [0.1, 0.15) is 22.1 Å². The fourth-order valence-corrected chi connectivity index (χ4v) is 3.14. The van der Waals surface area contributed by atoms with Crippen molar-refractivity contribution in [2.24, 2.45) is 0 Å². The number of carboxylic acid groups (broad SMARTS) is 2. The number of aromatic nitrogens is 4. The number of hydrogen-bond donors (Lipinski definition) is 2. The van der Waals surface area contributed by atoms with E-state index in [4.69, 9.17) is 0 Å². The van der Waals surface area contributed by atoms with Crippen LogP contribution in [0.1, 0.15) is 11.1 Å². The van der Waals surface area contributed by atoms with E-state index in [1.807, 2.05) is 0 Å². The van der Waals surface area contributed by atoms with Gasteiger partial charge in [-0.25, -0.2) is 14.2 Å². The predicted molar refractivity (Wildman–Crippen MR) is 91.3 cm³/mol. The van der Waals surface area contributed by atoms with Gasteiger partial charge in [-0.1, -0.05) is 12.1 Å². The van der Waals surface area contributed by atoms with Crippen LogP contribution in [0, 0.1) is 0 Å². The molecule has 0 amide bonds. The lowest BCUT2D eigenvalue weighted by molar-refractivity contribution is -0.132. The Morgan fingerprint density at radius 1 is 0.769 bits per heavy atom. The number of benzene rings is 2. The number of nitrogens with zero attached hydrogens (tertiary/aromatic N) is 4.